The highest BCUT2D eigenvalue weighted by atomic mass is 16.5. The molecular weight excluding hydrogens is 236 g/mol. The number of benzene rings is 1. The summed E-state index contributed by atoms with van der Waals surface area (Å²) >= 11 is 0. The van der Waals surface area contributed by atoms with Crippen LogP contribution >= 0.6 is 0 Å². The molecule has 3 heteroatoms. The second kappa shape index (κ2) is 5.52. The van der Waals surface area contributed by atoms with Gasteiger partial charge in [0.1, 0.15) is 11.4 Å². The van der Waals surface area contributed by atoms with E-state index in [1.54, 1.807) is 0 Å². The molecule has 3 nitrogen and oxygen atoms in total. The summed E-state index contributed by atoms with van der Waals surface area (Å²) in [5, 5.41) is 8.83. The first-order valence-corrected chi connectivity index (χ1v) is 7.05. The first kappa shape index (κ1) is 13.7. The average Bonchev–Trinajstić information content (AvgIpc) is 2.43. The maximum absolute atomic E-state index is 8.83. The molecule has 0 N–H and O–H groups in total. The van der Waals surface area contributed by atoms with Crippen molar-refractivity contribution in [2.24, 2.45) is 0 Å². The molecule has 0 bridgehead atoms. The molecule has 1 aliphatic rings. The van der Waals surface area contributed by atoms with Crippen molar-refractivity contribution in [3.63, 3.8) is 0 Å². The number of ether oxygens (including phenoxy) is 1. The normalized spacial score (nSPS) is 16.4. The standard InChI is InChI=1S/C16H22N2O/c1-4-16(5-2)12-18(10-6-9-17)14-8-7-13(3)11-15(14)19-16/h7-8,11H,4-6,10,12H2,1-3H3. The van der Waals surface area contributed by atoms with Gasteiger partial charge in [-0.15, -0.1) is 0 Å². The van der Waals surface area contributed by atoms with Crippen molar-refractivity contribution >= 4 is 5.69 Å². The van der Waals surface area contributed by atoms with Crippen molar-refractivity contribution in [1.82, 2.24) is 0 Å². The predicted molar refractivity (Wildman–Crippen MR) is 77.6 cm³/mol. The molecule has 0 unspecified atom stereocenters. The smallest absolute Gasteiger partial charge is 0.143 e. The molecule has 1 aromatic rings. The van der Waals surface area contributed by atoms with Gasteiger partial charge in [-0.25, -0.2) is 0 Å². The topological polar surface area (TPSA) is 36.3 Å². The number of fused-ring (bicyclic) bond motifs is 1. The van der Waals surface area contributed by atoms with Crippen LogP contribution in [0.4, 0.5) is 5.69 Å². The van der Waals surface area contributed by atoms with Crippen LogP contribution in [0.1, 0.15) is 38.7 Å². The van der Waals surface area contributed by atoms with E-state index in [2.05, 4.69) is 49.9 Å². The lowest BCUT2D eigenvalue weighted by molar-refractivity contribution is 0.0575. The number of aryl methyl sites for hydroxylation is 1. The number of nitriles is 1. The van der Waals surface area contributed by atoms with Gasteiger partial charge in [0.15, 0.2) is 0 Å². The van der Waals surface area contributed by atoms with Crippen LogP contribution in [-0.4, -0.2) is 18.7 Å². The highest BCUT2D eigenvalue weighted by molar-refractivity contribution is 5.62. The fourth-order valence-electron chi connectivity index (χ4n) is 2.67. The van der Waals surface area contributed by atoms with Crippen LogP contribution in [0.5, 0.6) is 5.75 Å². The van der Waals surface area contributed by atoms with Gasteiger partial charge in [0, 0.05) is 6.54 Å². The van der Waals surface area contributed by atoms with Crippen molar-refractivity contribution in [2.75, 3.05) is 18.0 Å². The van der Waals surface area contributed by atoms with Gasteiger partial charge in [0.05, 0.1) is 24.7 Å². The third-order valence-corrected chi connectivity index (χ3v) is 4.04. The Balaban J connectivity index is 2.37. The van der Waals surface area contributed by atoms with E-state index in [0.717, 1.165) is 37.4 Å². The Morgan fingerprint density at radius 2 is 2.11 bits per heavy atom. The second-order valence-electron chi connectivity index (χ2n) is 5.29. The molecule has 1 aliphatic heterocycles. The Labute approximate surface area is 115 Å². The van der Waals surface area contributed by atoms with Crippen LogP contribution in [0.2, 0.25) is 0 Å². The number of nitrogens with zero attached hydrogens (tertiary/aromatic N) is 2. The Morgan fingerprint density at radius 3 is 2.74 bits per heavy atom. The maximum Gasteiger partial charge on any atom is 0.143 e. The van der Waals surface area contributed by atoms with Crippen LogP contribution in [0.3, 0.4) is 0 Å². The SMILES string of the molecule is CCC1(CC)CN(CCC#N)c2ccc(C)cc2O1. The average molecular weight is 258 g/mol. The number of anilines is 1. The van der Waals surface area contributed by atoms with Crippen LogP contribution < -0.4 is 9.64 Å². The summed E-state index contributed by atoms with van der Waals surface area (Å²) in [6.07, 6.45) is 2.52. The molecule has 1 aromatic carbocycles. The summed E-state index contributed by atoms with van der Waals surface area (Å²) < 4.78 is 6.28. The van der Waals surface area contributed by atoms with Crippen LogP contribution in [-0.2, 0) is 0 Å². The minimum atomic E-state index is -0.115. The second-order valence-corrected chi connectivity index (χ2v) is 5.29. The molecule has 2 rings (SSSR count). The molecule has 0 atom stereocenters. The zero-order chi connectivity index (χ0) is 13.9. The van der Waals surface area contributed by atoms with Crippen molar-refractivity contribution in [1.29, 1.82) is 5.26 Å². The number of hydrogen-bond donors (Lipinski definition) is 0. The van der Waals surface area contributed by atoms with Gasteiger partial charge in [-0.1, -0.05) is 19.9 Å². The first-order chi connectivity index (χ1) is 9.14. The molecule has 0 amide bonds. The van der Waals surface area contributed by atoms with Gasteiger partial charge < -0.3 is 9.64 Å². The molecule has 0 fully saturated rings. The van der Waals surface area contributed by atoms with Crippen LogP contribution in [0.25, 0.3) is 0 Å². The van der Waals surface area contributed by atoms with Crippen molar-refractivity contribution in [3.8, 4) is 11.8 Å². The quantitative estimate of drug-likeness (QED) is 0.826. The summed E-state index contributed by atoms with van der Waals surface area (Å²) in [6.45, 7) is 8.08. The third kappa shape index (κ3) is 2.68. The van der Waals surface area contributed by atoms with Gasteiger partial charge in [-0.05, 0) is 37.5 Å². The lowest BCUT2D eigenvalue weighted by atomic mass is 9.93. The summed E-state index contributed by atoms with van der Waals surface area (Å²) in [6, 6.07) is 8.56. The monoisotopic (exact) mass is 258 g/mol. The largest absolute Gasteiger partial charge is 0.483 e. The van der Waals surface area contributed by atoms with E-state index < -0.39 is 0 Å². The maximum atomic E-state index is 8.83. The van der Waals surface area contributed by atoms with E-state index in [1.807, 2.05) is 0 Å². The zero-order valence-corrected chi connectivity index (χ0v) is 12.1. The van der Waals surface area contributed by atoms with Gasteiger partial charge in [-0.3, -0.25) is 0 Å². The Bertz CT molecular complexity index is 486. The summed E-state index contributed by atoms with van der Waals surface area (Å²) in [4.78, 5) is 2.30. The molecule has 102 valence electrons. The lowest BCUT2D eigenvalue weighted by Crippen LogP contribution is -2.50. The first-order valence-electron chi connectivity index (χ1n) is 7.05. The van der Waals surface area contributed by atoms with E-state index >= 15 is 0 Å². The molecule has 0 aliphatic carbocycles. The number of rotatable bonds is 4. The fourth-order valence-corrected chi connectivity index (χ4v) is 2.67. The van der Waals surface area contributed by atoms with E-state index in [0.29, 0.717) is 6.42 Å². The van der Waals surface area contributed by atoms with Crippen LogP contribution in [0, 0.1) is 18.3 Å². The highest BCUT2D eigenvalue weighted by Gasteiger charge is 2.36. The van der Waals surface area contributed by atoms with Crippen LogP contribution in [0.15, 0.2) is 18.2 Å². The zero-order valence-electron chi connectivity index (χ0n) is 12.1. The van der Waals surface area contributed by atoms with E-state index in [1.165, 1.54) is 5.56 Å². The molecule has 0 aromatic heterocycles. The summed E-state index contributed by atoms with van der Waals surface area (Å²) in [5.41, 5.74) is 2.22. The minimum Gasteiger partial charge on any atom is -0.483 e. The highest BCUT2D eigenvalue weighted by Crippen LogP contribution is 2.40. The molecule has 19 heavy (non-hydrogen) atoms. The Kier molecular flexibility index (Phi) is 3.99. The van der Waals surface area contributed by atoms with Gasteiger partial charge in [0.2, 0.25) is 0 Å². The Morgan fingerprint density at radius 1 is 1.37 bits per heavy atom. The Hall–Kier alpha value is -1.69. The lowest BCUT2D eigenvalue weighted by Gasteiger charge is -2.44. The molecule has 0 saturated heterocycles. The van der Waals surface area contributed by atoms with Crippen molar-refractivity contribution < 1.29 is 4.74 Å². The molecule has 0 spiro atoms. The summed E-state index contributed by atoms with van der Waals surface area (Å²) in [5.74, 6) is 0.966. The molecule has 0 saturated carbocycles. The van der Waals surface area contributed by atoms with E-state index in [-0.39, 0.29) is 5.60 Å². The predicted octanol–water partition coefficient (Wildman–Crippen LogP) is 3.67. The van der Waals surface area contributed by atoms with Gasteiger partial charge in [-0.2, -0.15) is 5.26 Å². The minimum absolute atomic E-state index is 0.115. The van der Waals surface area contributed by atoms with Crippen molar-refractivity contribution in [2.45, 2.75) is 45.6 Å². The van der Waals surface area contributed by atoms with Gasteiger partial charge >= 0.3 is 0 Å². The summed E-state index contributed by atoms with van der Waals surface area (Å²) in [7, 11) is 0. The fraction of sp³-hybridized carbons (Fsp3) is 0.562. The molecular formula is C16H22N2O. The molecule has 1 heterocycles. The number of hydrogen-bond acceptors (Lipinski definition) is 3. The van der Waals surface area contributed by atoms with Gasteiger partial charge in [0.25, 0.3) is 0 Å². The van der Waals surface area contributed by atoms with E-state index in [4.69, 9.17) is 10.00 Å². The molecule has 0 radical (unpaired) electrons. The van der Waals surface area contributed by atoms with Crippen molar-refractivity contribution in [3.05, 3.63) is 23.8 Å². The van der Waals surface area contributed by atoms with E-state index in [9.17, 15) is 0 Å². The third-order valence-electron chi connectivity index (χ3n) is 4.04.